The van der Waals surface area contributed by atoms with Crippen LogP contribution in [0.5, 0.6) is 0 Å². The van der Waals surface area contributed by atoms with Gasteiger partial charge in [-0.05, 0) is 31.9 Å². The van der Waals surface area contributed by atoms with Crippen molar-refractivity contribution in [2.45, 2.75) is 27.3 Å². The molecule has 1 aliphatic carbocycles. The van der Waals surface area contributed by atoms with E-state index in [0.717, 1.165) is 0 Å². The molecular weight excluding hydrogens is 296 g/mol. The lowest BCUT2D eigenvalue weighted by Crippen LogP contribution is -2.37. The maximum atomic E-state index is 13.0. The fourth-order valence-corrected chi connectivity index (χ4v) is 3.21. The quantitative estimate of drug-likeness (QED) is 0.670. The molecule has 0 atom stereocenters. The van der Waals surface area contributed by atoms with Crippen LogP contribution in [0.2, 0.25) is 0 Å². The standard InChI is InChI=1S/C17H16N2O4/c1-5-19-11(21)7-9(3)13-15(19)17(23)14-12(16(13)22)8(2)6-10(20)18(14)4/h6-7H,5H2,1-4H3. The molecule has 0 bridgehead atoms. The third-order valence-corrected chi connectivity index (χ3v) is 4.34. The van der Waals surface area contributed by atoms with Gasteiger partial charge in [-0.2, -0.15) is 0 Å². The van der Waals surface area contributed by atoms with Crippen LogP contribution in [0, 0.1) is 13.8 Å². The van der Waals surface area contributed by atoms with Gasteiger partial charge in [0, 0.05) is 25.7 Å². The summed E-state index contributed by atoms with van der Waals surface area (Å²) < 4.78 is 2.47. The van der Waals surface area contributed by atoms with E-state index < -0.39 is 5.78 Å². The minimum absolute atomic E-state index is 0.0553. The van der Waals surface area contributed by atoms with Gasteiger partial charge in [0.1, 0.15) is 11.4 Å². The number of fused-ring (bicyclic) bond motifs is 2. The molecule has 0 amide bonds. The maximum absolute atomic E-state index is 13.0. The Labute approximate surface area is 132 Å². The topological polar surface area (TPSA) is 78.1 Å². The molecule has 0 radical (unpaired) electrons. The van der Waals surface area contributed by atoms with Crippen LogP contribution in [0.15, 0.2) is 21.7 Å². The highest BCUT2D eigenvalue weighted by Gasteiger charge is 2.36. The summed E-state index contributed by atoms with van der Waals surface area (Å²) in [7, 11) is 1.46. The number of aryl methyl sites for hydroxylation is 2. The molecule has 0 N–H and O–H groups in total. The fourth-order valence-electron chi connectivity index (χ4n) is 3.21. The van der Waals surface area contributed by atoms with Crippen molar-refractivity contribution in [3.05, 3.63) is 66.5 Å². The molecule has 0 unspecified atom stereocenters. The Morgan fingerprint density at radius 1 is 0.826 bits per heavy atom. The van der Waals surface area contributed by atoms with Gasteiger partial charge >= 0.3 is 0 Å². The molecule has 0 aliphatic heterocycles. The SMILES string of the molecule is CCn1c2c(c(C)cc1=O)C(=O)c1c(C)cc(=O)n(C)c1C2=O. The second kappa shape index (κ2) is 4.87. The van der Waals surface area contributed by atoms with Crippen LogP contribution in [-0.2, 0) is 13.6 Å². The summed E-state index contributed by atoms with van der Waals surface area (Å²) in [5.41, 5.74) is 0.901. The summed E-state index contributed by atoms with van der Waals surface area (Å²) in [5, 5.41) is 0. The van der Waals surface area contributed by atoms with Crippen molar-refractivity contribution < 1.29 is 9.59 Å². The van der Waals surface area contributed by atoms with Crippen LogP contribution in [-0.4, -0.2) is 20.7 Å². The molecule has 118 valence electrons. The van der Waals surface area contributed by atoms with Crippen molar-refractivity contribution in [2.24, 2.45) is 7.05 Å². The monoisotopic (exact) mass is 312 g/mol. The zero-order valence-corrected chi connectivity index (χ0v) is 13.4. The Morgan fingerprint density at radius 2 is 1.35 bits per heavy atom. The van der Waals surface area contributed by atoms with Gasteiger partial charge in [-0.3, -0.25) is 19.2 Å². The molecule has 0 fully saturated rings. The molecule has 1 aliphatic rings. The zero-order chi connectivity index (χ0) is 17.0. The Morgan fingerprint density at radius 3 is 1.91 bits per heavy atom. The average Bonchev–Trinajstić information content (AvgIpc) is 2.47. The van der Waals surface area contributed by atoms with Gasteiger partial charge in [0.05, 0.1) is 11.1 Å². The fraction of sp³-hybridized carbons (Fsp3) is 0.294. The largest absolute Gasteiger partial charge is 0.308 e. The summed E-state index contributed by atoms with van der Waals surface area (Å²) in [4.78, 5) is 50.1. The van der Waals surface area contributed by atoms with E-state index in [4.69, 9.17) is 0 Å². The number of hydrogen-bond acceptors (Lipinski definition) is 4. The highest BCUT2D eigenvalue weighted by molar-refractivity contribution is 6.28. The molecule has 0 aromatic carbocycles. The number of rotatable bonds is 1. The molecule has 23 heavy (non-hydrogen) atoms. The van der Waals surface area contributed by atoms with Crippen molar-refractivity contribution >= 4 is 11.6 Å². The van der Waals surface area contributed by atoms with Gasteiger partial charge in [-0.15, -0.1) is 0 Å². The molecule has 3 rings (SSSR count). The van der Waals surface area contributed by atoms with E-state index in [1.807, 2.05) is 0 Å². The molecule has 0 spiro atoms. The highest BCUT2D eigenvalue weighted by atomic mass is 16.2. The van der Waals surface area contributed by atoms with Crippen molar-refractivity contribution in [3.8, 4) is 0 Å². The molecule has 0 saturated carbocycles. The van der Waals surface area contributed by atoms with Crippen LogP contribution in [0.25, 0.3) is 0 Å². The van der Waals surface area contributed by atoms with Crippen LogP contribution in [0.3, 0.4) is 0 Å². The van der Waals surface area contributed by atoms with E-state index in [0.29, 0.717) is 11.1 Å². The lowest BCUT2D eigenvalue weighted by molar-refractivity contribution is 0.0962. The summed E-state index contributed by atoms with van der Waals surface area (Å²) in [6, 6.07) is 2.72. The van der Waals surface area contributed by atoms with E-state index >= 15 is 0 Å². The summed E-state index contributed by atoms with van der Waals surface area (Å²) >= 11 is 0. The van der Waals surface area contributed by atoms with Gasteiger partial charge in [0.15, 0.2) is 5.78 Å². The second-order valence-electron chi connectivity index (χ2n) is 5.74. The van der Waals surface area contributed by atoms with Gasteiger partial charge in [0.25, 0.3) is 11.1 Å². The third-order valence-electron chi connectivity index (χ3n) is 4.34. The van der Waals surface area contributed by atoms with Crippen molar-refractivity contribution in [2.75, 3.05) is 0 Å². The van der Waals surface area contributed by atoms with E-state index in [9.17, 15) is 19.2 Å². The number of pyridine rings is 2. The normalized spacial score (nSPS) is 13.0. The van der Waals surface area contributed by atoms with E-state index in [1.165, 1.54) is 28.3 Å². The summed E-state index contributed by atoms with van der Waals surface area (Å²) in [6.45, 7) is 5.30. The van der Waals surface area contributed by atoms with Crippen molar-refractivity contribution in [1.82, 2.24) is 9.13 Å². The summed E-state index contributed by atoms with van der Waals surface area (Å²) in [5.74, 6) is -0.775. The molecule has 0 saturated heterocycles. The van der Waals surface area contributed by atoms with E-state index in [1.54, 1.807) is 20.8 Å². The molecule has 6 heteroatoms. The molecule has 6 nitrogen and oxygen atoms in total. The average molecular weight is 312 g/mol. The van der Waals surface area contributed by atoms with Gasteiger partial charge in [0.2, 0.25) is 5.78 Å². The smallest absolute Gasteiger partial charge is 0.251 e. The lowest BCUT2D eigenvalue weighted by atomic mass is 9.85. The Balaban J connectivity index is 2.53. The van der Waals surface area contributed by atoms with Crippen LogP contribution in [0.1, 0.15) is 50.2 Å². The predicted octanol–water partition coefficient (Wildman–Crippen LogP) is 0.959. The number of hydrogen-bond donors (Lipinski definition) is 0. The Kier molecular flexibility index (Phi) is 3.21. The number of ketones is 2. The summed E-state index contributed by atoms with van der Waals surface area (Å²) in [6.07, 6.45) is 0. The van der Waals surface area contributed by atoms with Crippen LogP contribution in [0.4, 0.5) is 0 Å². The zero-order valence-electron chi connectivity index (χ0n) is 13.4. The van der Waals surface area contributed by atoms with Crippen molar-refractivity contribution in [1.29, 1.82) is 0 Å². The van der Waals surface area contributed by atoms with E-state index in [2.05, 4.69) is 0 Å². The predicted molar refractivity (Wildman–Crippen MR) is 84.4 cm³/mol. The minimum atomic E-state index is -0.458. The molecular formula is C17H16N2O4. The first kappa shape index (κ1) is 15.1. The molecule has 2 aromatic heterocycles. The van der Waals surface area contributed by atoms with Crippen LogP contribution < -0.4 is 11.1 Å². The molecule has 2 aromatic rings. The van der Waals surface area contributed by atoms with Crippen molar-refractivity contribution in [3.63, 3.8) is 0 Å². The highest BCUT2D eigenvalue weighted by Crippen LogP contribution is 2.29. The van der Waals surface area contributed by atoms with Gasteiger partial charge < -0.3 is 9.13 Å². The first-order valence-corrected chi connectivity index (χ1v) is 7.34. The second-order valence-corrected chi connectivity index (χ2v) is 5.74. The third kappa shape index (κ3) is 1.87. The maximum Gasteiger partial charge on any atom is 0.251 e. The number of aromatic nitrogens is 2. The number of carbonyl (C=O) groups excluding carboxylic acids is 2. The minimum Gasteiger partial charge on any atom is -0.308 e. The Hall–Kier alpha value is -2.76. The first-order chi connectivity index (χ1) is 10.8. The number of carbonyl (C=O) groups is 2. The van der Waals surface area contributed by atoms with Crippen LogP contribution >= 0.6 is 0 Å². The van der Waals surface area contributed by atoms with Gasteiger partial charge in [-0.25, -0.2) is 0 Å². The number of nitrogens with zero attached hydrogens (tertiary/aromatic N) is 2. The Bertz CT molecular complexity index is 1010. The van der Waals surface area contributed by atoms with E-state index in [-0.39, 0.29) is 46.0 Å². The van der Waals surface area contributed by atoms with Gasteiger partial charge in [-0.1, -0.05) is 0 Å². The first-order valence-electron chi connectivity index (χ1n) is 7.34. The molecule has 2 heterocycles. The lowest BCUT2D eigenvalue weighted by Gasteiger charge is -2.24.